The van der Waals surface area contributed by atoms with Crippen LogP contribution in [0.2, 0.25) is 0 Å². The molecule has 0 bridgehead atoms. The Hall–Kier alpha value is -1.75. The van der Waals surface area contributed by atoms with E-state index >= 15 is 0 Å². The van der Waals surface area contributed by atoms with Crippen LogP contribution in [0.25, 0.3) is 0 Å². The van der Waals surface area contributed by atoms with Gasteiger partial charge in [0.15, 0.2) is 11.5 Å². The molecule has 1 aliphatic heterocycles. The van der Waals surface area contributed by atoms with E-state index in [1.165, 1.54) is 19.3 Å². The normalized spacial score (nSPS) is 25.2. The summed E-state index contributed by atoms with van der Waals surface area (Å²) in [5, 5.41) is 9.73. The number of nitrogens with zero attached hydrogens (tertiary/aromatic N) is 1. The maximum atomic E-state index is 11.8. The summed E-state index contributed by atoms with van der Waals surface area (Å²) in [7, 11) is 0. The quantitative estimate of drug-likeness (QED) is 0.645. The third-order valence-electron chi connectivity index (χ3n) is 5.93. The van der Waals surface area contributed by atoms with Gasteiger partial charge in [-0.2, -0.15) is 0 Å². The lowest BCUT2D eigenvalue weighted by atomic mass is 9.84. The van der Waals surface area contributed by atoms with Crippen molar-refractivity contribution in [1.29, 1.82) is 0 Å². The number of benzene rings is 1. The first kappa shape index (κ1) is 20.0. The number of hydrogen-bond donors (Lipinski definition) is 1. The first-order valence-electron chi connectivity index (χ1n) is 10.5. The second-order valence-electron chi connectivity index (χ2n) is 7.79. The number of aliphatic carboxylic acids is 1. The number of carboxylic acid groups (broad SMARTS) is 1. The van der Waals surface area contributed by atoms with Crippen molar-refractivity contribution in [3.63, 3.8) is 0 Å². The van der Waals surface area contributed by atoms with Crippen molar-refractivity contribution in [3.8, 4) is 11.5 Å². The Morgan fingerprint density at radius 3 is 2.74 bits per heavy atom. The molecule has 3 atom stereocenters. The van der Waals surface area contributed by atoms with E-state index in [1.807, 2.05) is 19.1 Å². The zero-order valence-corrected chi connectivity index (χ0v) is 16.7. The highest BCUT2D eigenvalue weighted by Crippen LogP contribution is 2.41. The molecule has 5 nitrogen and oxygen atoms in total. The van der Waals surface area contributed by atoms with Gasteiger partial charge in [0.05, 0.1) is 13.2 Å². The molecule has 1 aromatic carbocycles. The van der Waals surface area contributed by atoms with Gasteiger partial charge in [0, 0.05) is 12.6 Å². The molecule has 0 spiro atoms. The number of fused-ring (bicyclic) bond motifs is 1. The molecule has 27 heavy (non-hydrogen) atoms. The van der Waals surface area contributed by atoms with Gasteiger partial charge in [-0.05, 0) is 56.2 Å². The topological polar surface area (TPSA) is 59.0 Å². The van der Waals surface area contributed by atoms with Gasteiger partial charge < -0.3 is 14.6 Å². The van der Waals surface area contributed by atoms with Crippen molar-refractivity contribution < 1.29 is 19.4 Å². The van der Waals surface area contributed by atoms with Gasteiger partial charge in [-0.3, -0.25) is 9.69 Å². The first-order chi connectivity index (χ1) is 13.1. The minimum atomic E-state index is -0.686. The van der Waals surface area contributed by atoms with Crippen LogP contribution in [0.1, 0.15) is 64.4 Å². The maximum Gasteiger partial charge on any atom is 0.320 e. The summed E-state index contributed by atoms with van der Waals surface area (Å²) in [6.45, 7) is 6.04. The lowest BCUT2D eigenvalue weighted by molar-refractivity contribution is -0.142. The average molecular weight is 376 g/mol. The lowest BCUT2D eigenvalue weighted by Crippen LogP contribution is -2.41. The van der Waals surface area contributed by atoms with Gasteiger partial charge in [-0.25, -0.2) is 0 Å². The van der Waals surface area contributed by atoms with Crippen LogP contribution in [0.15, 0.2) is 18.2 Å². The highest BCUT2D eigenvalue weighted by molar-refractivity contribution is 5.74. The van der Waals surface area contributed by atoms with Crippen LogP contribution >= 0.6 is 0 Å². The van der Waals surface area contributed by atoms with Crippen LogP contribution in [-0.2, 0) is 11.3 Å². The SMILES string of the molecule is CCCCOc1ccc(CN2C(C(=O)O)CC3CCCCC32)cc1OCC. The van der Waals surface area contributed by atoms with Crippen molar-refractivity contribution in [2.24, 2.45) is 5.92 Å². The van der Waals surface area contributed by atoms with E-state index < -0.39 is 5.97 Å². The molecule has 3 unspecified atom stereocenters. The van der Waals surface area contributed by atoms with Crippen LogP contribution in [0.3, 0.4) is 0 Å². The summed E-state index contributed by atoms with van der Waals surface area (Å²) in [4.78, 5) is 14.0. The summed E-state index contributed by atoms with van der Waals surface area (Å²) in [5.41, 5.74) is 1.10. The van der Waals surface area contributed by atoms with Crippen molar-refractivity contribution in [2.75, 3.05) is 13.2 Å². The number of likely N-dealkylation sites (tertiary alicyclic amines) is 1. The Balaban J connectivity index is 1.76. The molecule has 150 valence electrons. The van der Waals surface area contributed by atoms with Crippen molar-refractivity contribution >= 4 is 5.97 Å². The Kier molecular flexibility index (Phi) is 7.00. The van der Waals surface area contributed by atoms with Crippen LogP contribution in [0.4, 0.5) is 0 Å². The van der Waals surface area contributed by atoms with E-state index in [4.69, 9.17) is 9.47 Å². The molecular formula is C22H33NO4. The first-order valence-corrected chi connectivity index (χ1v) is 10.5. The van der Waals surface area contributed by atoms with Gasteiger partial charge in [0.1, 0.15) is 6.04 Å². The fraction of sp³-hybridized carbons (Fsp3) is 0.682. The minimum absolute atomic E-state index is 0.367. The van der Waals surface area contributed by atoms with Gasteiger partial charge in [-0.15, -0.1) is 0 Å². The molecule has 3 rings (SSSR count). The van der Waals surface area contributed by atoms with Crippen LogP contribution in [0.5, 0.6) is 11.5 Å². The van der Waals surface area contributed by atoms with E-state index in [9.17, 15) is 9.90 Å². The Bertz CT molecular complexity index is 633. The lowest BCUT2D eigenvalue weighted by Gasteiger charge is -2.33. The zero-order valence-electron chi connectivity index (χ0n) is 16.7. The number of rotatable bonds is 9. The number of ether oxygens (including phenoxy) is 2. The molecule has 0 amide bonds. The molecule has 1 heterocycles. The fourth-order valence-corrected chi connectivity index (χ4v) is 4.60. The second-order valence-corrected chi connectivity index (χ2v) is 7.79. The van der Waals surface area contributed by atoms with Crippen molar-refractivity contribution in [1.82, 2.24) is 4.90 Å². The van der Waals surface area contributed by atoms with E-state index in [0.717, 1.165) is 42.7 Å². The smallest absolute Gasteiger partial charge is 0.320 e. The molecule has 1 aliphatic carbocycles. The predicted molar refractivity (Wildman–Crippen MR) is 105 cm³/mol. The maximum absolute atomic E-state index is 11.8. The summed E-state index contributed by atoms with van der Waals surface area (Å²) >= 11 is 0. The van der Waals surface area contributed by atoms with Crippen molar-refractivity contribution in [2.45, 2.75) is 77.4 Å². The van der Waals surface area contributed by atoms with Crippen molar-refractivity contribution in [3.05, 3.63) is 23.8 Å². The van der Waals surface area contributed by atoms with E-state index in [1.54, 1.807) is 0 Å². The third-order valence-corrected chi connectivity index (χ3v) is 5.93. The average Bonchev–Trinajstić information content (AvgIpc) is 3.03. The molecule has 1 aromatic rings. The summed E-state index contributed by atoms with van der Waals surface area (Å²) in [6, 6.07) is 6.09. The Morgan fingerprint density at radius 1 is 1.19 bits per heavy atom. The van der Waals surface area contributed by atoms with E-state index in [0.29, 0.717) is 31.7 Å². The molecule has 5 heteroatoms. The van der Waals surface area contributed by atoms with Gasteiger partial charge in [-0.1, -0.05) is 32.3 Å². The molecule has 2 aliphatic rings. The Morgan fingerprint density at radius 2 is 2.00 bits per heavy atom. The second kappa shape index (κ2) is 9.45. The van der Waals surface area contributed by atoms with Gasteiger partial charge >= 0.3 is 5.97 Å². The monoisotopic (exact) mass is 375 g/mol. The summed E-state index contributed by atoms with van der Waals surface area (Å²) in [6.07, 6.45) is 7.62. The molecular weight excluding hydrogens is 342 g/mol. The number of unbranched alkanes of at least 4 members (excludes halogenated alkanes) is 1. The molecule has 0 aromatic heterocycles. The number of carbonyl (C=O) groups is 1. The molecule has 2 fully saturated rings. The van der Waals surface area contributed by atoms with Crippen LogP contribution in [-0.4, -0.2) is 41.3 Å². The van der Waals surface area contributed by atoms with Crippen LogP contribution < -0.4 is 9.47 Å². The highest BCUT2D eigenvalue weighted by atomic mass is 16.5. The zero-order chi connectivity index (χ0) is 19.2. The molecule has 1 saturated heterocycles. The standard InChI is InChI=1S/C22H33NO4/c1-3-5-12-27-20-11-10-16(13-21(20)26-4-2)15-23-18-9-7-6-8-17(18)14-19(23)22(24)25/h10-11,13,17-19H,3-9,12,14-15H2,1-2H3,(H,24,25). The van der Waals surface area contributed by atoms with Gasteiger partial charge in [0.2, 0.25) is 0 Å². The predicted octanol–water partition coefficient (Wildman–Crippen LogP) is 4.48. The highest BCUT2D eigenvalue weighted by Gasteiger charge is 2.44. The Labute approximate surface area is 162 Å². The third kappa shape index (κ3) is 4.75. The number of carboxylic acids is 1. The van der Waals surface area contributed by atoms with E-state index in [-0.39, 0.29) is 6.04 Å². The minimum Gasteiger partial charge on any atom is -0.490 e. The molecule has 1 saturated carbocycles. The fourth-order valence-electron chi connectivity index (χ4n) is 4.60. The molecule has 1 N–H and O–H groups in total. The molecule has 0 radical (unpaired) electrons. The van der Waals surface area contributed by atoms with E-state index in [2.05, 4.69) is 17.9 Å². The number of hydrogen-bond acceptors (Lipinski definition) is 4. The van der Waals surface area contributed by atoms with Gasteiger partial charge in [0.25, 0.3) is 0 Å². The van der Waals surface area contributed by atoms with Crippen LogP contribution in [0, 0.1) is 5.92 Å². The largest absolute Gasteiger partial charge is 0.490 e. The summed E-state index contributed by atoms with van der Waals surface area (Å²) < 4.78 is 11.7. The summed E-state index contributed by atoms with van der Waals surface area (Å²) in [5.74, 6) is 1.38.